The molecule has 2 aromatic carbocycles. The van der Waals surface area contributed by atoms with Gasteiger partial charge in [0, 0.05) is 41.2 Å². The summed E-state index contributed by atoms with van der Waals surface area (Å²) in [5.74, 6) is 0.844. The number of piperidine rings is 1. The van der Waals surface area contributed by atoms with Crippen molar-refractivity contribution in [1.82, 2.24) is 9.62 Å². The fraction of sp³-hybridized carbons (Fsp3) is 0.435. The van der Waals surface area contributed by atoms with Gasteiger partial charge in [0.15, 0.2) is 0 Å². The summed E-state index contributed by atoms with van der Waals surface area (Å²) in [4.78, 5) is 13.5. The number of halogens is 1. The number of thioether (sulfide) groups is 1. The smallest absolute Gasteiger partial charge is 0.223 e. The molecular weight excluding hydrogens is 452 g/mol. The molecule has 1 aliphatic rings. The Morgan fingerprint density at radius 3 is 2.42 bits per heavy atom. The Hall–Kier alpha value is -1.54. The van der Waals surface area contributed by atoms with E-state index in [9.17, 15) is 13.2 Å². The molecule has 1 aliphatic heterocycles. The van der Waals surface area contributed by atoms with E-state index in [1.807, 2.05) is 54.6 Å². The number of hydrogen-bond acceptors (Lipinski definition) is 4. The maximum Gasteiger partial charge on any atom is 0.223 e. The van der Waals surface area contributed by atoms with Crippen molar-refractivity contribution in [2.75, 3.05) is 31.1 Å². The average Bonchev–Trinajstić information content (AvgIpc) is 2.78. The fourth-order valence-corrected chi connectivity index (χ4v) is 6.08. The Balaban J connectivity index is 1.34. The van der Waals surface area contributed by atoms with Crippen LogP contribution >= 0.6 is 23.4 Å². The van der Waals surface area contributed by atoms with Crippen molar-refractivity contribution in [2.24, 2.45) is 5.92 Å². The number of nitrogens with one attached hydrogen (secondary N) is 1. The van der Waals surface area contributed by atoms with Crippen molar-refractivity contribution >= 4 is 39.3 Å². The first-order valence-corrected chi connectivity index (χ1v) is 13.6. The van der Waals surface area contributed by atoms with E-state index in [1.54, 1.807) is 16.1 Å². The van der Waals surface area contributed by atoms with Gasteiger partial charge in [0.25, 0.3) is 0 Å². The molecule has 0 radical (unpaired) electrons. The van der Waals surface area contributed by atoms with Crippen molar-refractivity contribution in [1.29, 1.82) is 0 Å². The Morgan fingerprint density at radius 1 is 1.06 bits per heavy atom. The topological polar surface area (TPSA) is 66.5 Å². The first kappa shape index (κ1) is 24.1. The predicted octanol–water partition coefficient (Wildman–Crippen LogP) is 4.22. The van der Waals surface area contributed by atoms with Gasteiger partial charge in [-0.25, -0.2) is 12.7 Å². The largest absolute Gasteiger partial charge is 0.355 e. The van der Waals surface area contributed by atoms with Gasteiger partial charge in [-0.05, 0) is 55.5 Å². The van der Waals surface area contributed by atoms with Crippen LogP contribution in [-0.4, -0.2) is 49.8 Å². The lowest BCUT2D eigenvalue weighted by atomic mass is 9.97. The van der Waals surface area contributed by atoms with E-state index in [4.69, 9.17) is 11.6 Å². The van der Waals surface area contributed by atoms with Gasteiger partial charge < -0.3 is 5.32 Å². The molecule has 1 N–H and O–H groups in total. The normalized spacial score (nSPS) is 15.6. The van der Waals surface area contributed by atoms with E-state index in [-0.39, 0.29) is 17.6 Å². The number of aryl methyl sites for hydroxylation is 1. The van der Waals surface area contributed by atoms with Crippen molar-refractivity contribution in [3.63, 3.8) is 0 Å². The highest BCUT2D eigenvalue weighted by molar-refractivity contribution is 7.99. The van der Waals surface area contributed by atoms with Crippen molar-refractivity contribution in [3.8, 4) is 0 Å². The van der Waals surface area contributed by atoms with Crippen molar-refractivity contribution < 1.29 is 13.2 Å². The molecule has 31 heavy (non-hydrogen) atoms. The molecule has 2 aromatic rings. The summed E-state index contributed by atoms with van der Waals surface area (Å²) in [6.07, 6.45) is 2.52. The molecule has 0 bridgehead atoms. The third-order valence-corrected chi connectivity index (χ3v) is 8.63. The van der Waals surface area contributed by atoms with Gasteiger partial charge in [0.2, 0.25) is 15.9 Å². The maximum absolute atomic E-state index is 12.6. The highest BCUT2D eigenvalue weighted by Crippen LogP contribution is 2.22. The average molecular weight is 481 g/mol. The molecule has 8 heteroatoms. The number of hydrogen-bond donors (Lipinski definition) is 1. The summed E-state index contributed by atoms with van der Waals surface area (Å²) in [5.41, 5.74) is 1.15. The Morgan fingerprint density at radius 2 is 1.74 bits per heavy atom. The fourth-order valence-electron chi connectivity index (χ4n) is 3.65. The second-order valence-electron chi connectivity index (χ2n) is 7.67. The minimum atomic E-state index is -3.27. The molecule has 0 saturated carbocycles. The highest BCUT2D eigenvalue weighted by Gasteiger charge is 2.30. The minimum absolute atomic E-state index is 0.0258. The first-order valence-electron chi connectivity index (χ1n) is 10.6. The van der Waals surface area contributed by atoms with Crippen LogP contribution in [0.15, 0.2) is 59.5 Å². The number of sulfonamides is 1. The molecule has 1 saturated heterocycles. The first-order chi connectivity index (χ1) is 14.9. The van der Waals surface area contributed by atoms with Crippen LogP contribution in [0.25, 0.3) is 0 Å². The molecule has 0 aromatic heterocycles. The van der Waals surface area contributed by atoms with E-state index < -0.39 is 10.0 Å². The lowest BCUT2D eigenvalue weighted by Gasteiger charge is -2.30. The van der Waals surface area contributed by atoms with Gasteiger partial charge in [-0.15, -0.1) is 11.8 Å². The van der Waals surface area contributed by atoms with Crippen molar-refractivity contribution in [2.45, 2.75) is 30.6 Å². The molecule has 0 atom stereocenters. The maximum atomic E-state index is 12.6. The summed E-state index contributed by atoms with van der Waals surface area (Å²) in [6, 6.07) is 17.6. The third kappa shape index (κ3) is 7.83. The van der Waals surface area contributed by atoms with Gasteiger partial charge in [-0.1, -0.05) is 41.9 Å². The Kier molecular flexibility index (Phi) is 9.26. The SMILES string of the molecule is O=C(NCCSc1ccc(Cl)cc1)C1CCN(S(=O)(=O)CCCc2ccccc2)CC1. The van der Waals surface area contributed by atoms with Crippen molar-refractivity contribution in [3.05, 3.63) is 65.2 Å². The summed E-state index contributed by atoms with van der Waals surface area (Å²) in [6.45, 7) is 1.43. The molecule has 1 amide bonds. The Labute approximate surface area is 194 Å². The van der Waals surface area contributed by atoms with Crippen LogP contribution in [0.5, 0.6) is 0 Å². The van der Waals surface area contributed by atoms with Crippen LogP contribution in [0.4, 0.5) is 0 Å². The third-order valence-electron chi connectivity index (χ3n) is 5.41. The van der Waals surface area contributed by atoms with Gasteiger partial charge in [0.1, 0.15) is 0 Å². The monoisotopic (exact) mass is 480 g/mol. The van der Waals surface area contributed by atoms with E-state index in [1.165, 1.54) is 0 Å². The standard InChI is InChI=1S/C23H29ClN2O3S2/c24-21-8-10-22(11-9-21)30-17-14-25-23(27)20-12-15-26(16-13-20)31(28,29)18-4-7-19-5-2-1-3-6-19/h1-3,5-6,8-11,20H,4,7,12-18H2,(H,25,27). The van der Waals surface area contributed by atoms with E-state index in [2.05, 4.69) is 5.32 Å². The zero-order valence-electron chi connectivity index (χ0n) is 17.5. The number of rotatable bonds is 10. The molecule has 5 nitrogen and oxygen atoms in total. The Bertz CT molecular complexity index is 929. The zero-order valence-corrected chi connectivity index (χ0v) is 19.9. The van der Waals surface area contributed by atoms with E-state index in [0.29, 0.717) is 43.9 Å². The van der Waals surface area contributed by atoms with E-state index in [0.717, 1.165) is 22.6 Å². The highest BCUT2D eigenvalue weighted by atomic mass is 35.5. The van der Waals surface area contributed by atoms with Crippen LogP contribution in [0.3, 0.4) is 0 Å². The molecule has 3 rings (SSSR count). The lowest BCUT2D eigenvalue weighted by Crippen LogP contribution is -2.44. The van der Waals surface area contributed by atoms with Crippen LogP contribution in [0.1, 0.15) is 24.8 Å². The van der Waals surface area contributed by atoms with Crippen LogP contribution < -0.4 is 5.32 Å². The number of nitrogens with zero attached hydrogens (tertiary/aromatic N) is 1. The van der Waals surface area contributed by atoms with Gasteiger partial charge >= 0.3 is 0 Å². The van der Waals surface area contributed by atoms with E-state index >= 15 is 0 Å². The van der Waals surface area contributed by atoms with Crippen LogP contribution in [-0.2, 0) is 21.2 Å². The summed E-state index contributed by atoms with van der Waals surface area (Å²) in [7, 11) is -3.27. The molecule has 0 aliphatic carbocycles. The number of carbonyl (C=O) groups is 1. The second kappa shape index (κ2) is 11.9. The number of carbonyl (C=O) groups excluding carboxylic acids is 1. The quantitative estimate of drug-likeness (QED) is 0.408. The van der Waals surface area contributed by atoms with Gasteiger partial charge in [-0.2, -0.15) is 0 Å². The van der Waals surface area contributed by atoms with Crippen LogP contribution in [0, 0.1) is 5.92 Å². The second-order valence-corrected chi connectivity index (χ2v) is 11.4. The molecule has 168 valence electrons. The van der Waals surface area contributed by atoms with Gasteiger partial charge in [-0.3, -0.25) is 4.79 Å². The molecule has 1 heterocycles. The summed E-state index contributed by atoms with van der Waals surface area (Å²) >= 11 is 7.55. The number of benzene rings is 2. The summed E-state index contributed by atoms with van der Waals surface area (Å²) < 4.78 is 26.8. The number of amides is 1. The van der Waals surface area contributed by atoms with Gasteiger partial charge in [0.05, 0.1) is 5.75 Å². The molecule has 0 unspecified atom stereocenters. The summed E-state index contributed by atoms with van der Waals surface area (Å²) in [5, 5.41) is 3.70. The molecule has 0 spiro atoms. The van der Waals surface area contributed by atoms with Crippen LogP contribution in [0.2, 0.25) is 5.02 Å². The lowest BCUT2D eigenvalue weighted by molar-refractivity contribution is -0.125. The molecular formula is C23H29ClN2O3S2. The predicted molar refractivity (Wildman–Crippen MR) is 128 cm³/mol. The zero-order chi connectivity index (χ0) is 22.1. The molecule has 1 fully saturated rings. The minimum Gasteiger partial charge on any atom is -0.355 e.